The minimum atomic E-state index is -0.248. The normalized spacial score (nSPS) is 23.6. The summed E-state index contributed by atoms with van der Waals surface area (Å²) in [4.78, 5) is 25.7. The van der Waals surface area contributed by atoms with Gasteiger partial charge in [-0.3, -0.25) is 9.59 Å². The van der Waals surface area contributed by atoms with E-state index in [1.54, 1.807) is 4.90 Å². The summed E-state index contributed by atoms with van der Waals surface area (Å²) in [6, 6.07) is -0.248. The van der Waals surface area contributed by atoms with Crippen molar-refractivity contribution >= 4 is 11.8 Å². The number of rotatable bonds is 4. The van der Waals surface area contributed by atoms with Crippen molar-refractivity contribution in [3.63, 3.8) is 0 Å². The fourth-order valence-corrected chi connectivity index (χ4v) is 2.22. The highest BCUT2D eigenvalue weighted by Gasteiger charge is 2.40. The van der Waals surface area contributed by atoms with Crippen molar-refractivity contribution < 1.29 is 9.59 Å². The third kappa shape index (κ3) is 2.87. The topological polar surface area (TPSA) is 49.4 Å². The summed E-state index contributed by atoms with van der Waals surface area (Å²) >= 11 is 0. The quantitative estimate of drug-likeness (QED) is 0.743. The molecule has 1 saturated carbocycles. The van der Waals surface area contributed by atoms with E-state index in [4.69, 9.17) is 0 Å². The Morgan fingerprint density at radius 2 is 2.06 bits per heavy atom. The lowest BCUT2D eigenvalue weighted by atomic mass is 10.2. The zero-order valence-corrected chi connectivity index (χ0v) is 10.4. The molecule has 0 bridgehead atoms. The monoisotopic (exact) mass is 236 g/mol. The second-order valence-corrected chi connectivity index (χ2v) is 5.14. The second-order valence-electron chi connectivity index (χ2n) is 5.14. The predicted octanol–water partition coefficient (Wildman–Crippen LogP) is 1.08. The molecule has 1 aliphatic carbocycles. The molecule has 1 saturated heterocycles. The summed E-state index contributed by atoms with van der Waals surface area (Å²) in [5.41, 5.74) is 0.927. The summed E-state index contributed by atoms with van der Waals surface area (Å²) < 4.78 is 0. The molecule has 2 amide bonds. The van der Waals surface area contributed by atoms with Gasteiger partial charge in [-0.05, 0) is 32.6 Å². The molecule has 1 aliphatic heterocycles. The van der Waals surface area contributed by atoms with Crippen molar-refractivity contribution in [1.29, 1.82) is 0 Å². The van der Waals surface area contributed by atoms with Crippen molar-refractivity contribution in [2.75, 3.05) is 13.1 Å². The lowest BCUT2D eigenvalue weighted by Crippen LogP contribution is -2.46. The third-order valence-corrected chi connectivity index (χ3v) is 3.33. The first-order chi connectivity index (χ1) is 8.09. The van der Waals surface area contributed by atoms with Crippen LogP contribution in [0.1, 0.15) is 32.6 Å². The van der Waals surface area contributed by atoms with E-state index in [0.717, 1.165) is 37.8 Å². The fourth-order valence-electron chi connectivity index (χ4n) is 2.22. The molecule has 0 aromatic heterocycles. The minimum absolute atomic E-state index is 0.0282. The maximum atomic E-state index is 12.0. The number of hydrogen-bond donors (Lipinski definition) is 1. The number of amides is 2. The van der Waals surface area contributed by atoms with E-state index in [0.29, 0.717) is 6.54 Å². The predicted molar refractivity (Wildman–Crippen MR) is 65.3 cm³/mol. The Morgan fingerprint density at radius 1 is 1.35 bits per heavy atom. The summed E-state index contributed by atoms with van der Waals surface area (Å²) in [6.07, 6.45) is 3.72. The molecule has 4 heteroatoms. The Bertz CT molecular complexity index is 347. The van der Waals surface area contributed by atoms with Crippen LogP contribution >= 0.6 is 0 Å². The highest BCUT2D eigenvalue weighted by molar-refractivity contribution is 5.90. The average Bonchev–Trinajstić information content (AvgIpc) is 3.02. The van der Waals surface area contributed by atoms with Gasteiger partial charge in [0.15, 0.2) is 0 Å². The average molecular weight is 236 g/mol. The molecule has 17 heavy (non-hydrogen) atoms. The first-order valence-corrected chi connectivity index (χ1v) is 6.32. The third-order valence-electron chi connectivity index (χ3n) is 3.33. The van der Waals surface area contributed by atoms with E-state index < -0.39 is 0 Å². The van der Waals surface area contributed by atoms with E-state index in [2.05, 4.69) is 11.9 Å². The SMILES string of the molecule is C=C(C)CNC(=O)C1CCCN1C(=O)C1CC1. The zero-order chi connectivity index (χ0) is 12.4. The van der Waals surface area contributed by atoms with Crippen LogP contribution in [-0.4, -0.2) is 35.8 Å². The maximum absolute atomic E-state index is 12.0. The van der Waals surface area contributed by atoms with Crippen molar-refractivity contribution in [2.24, 2.45) is 5.92 Å². The summed E-state index contributed by atoms with van der Waals surface area (Å²) in [5.74, 6) is 0.349. The molecule has 0 aromatic rings. The molecule has 1 N–H and O–H groups in total. The fraction of sp³-hybridized carbons (Fsp3) is 0.692. The lowest BCUT2D eigenvalue weighted by Gasteiger charge is -2.24. The number of carbonyl (C=O) groups excluding carboxylic acids is 2. The Morgan fingerprint density at radius 3 is 2.65 bits per heavy atom. The van der Waals surface area contributed by atoms with Crippen LogP contribution in [0.15, 0.2) is 12.2 Å². The first kappa shape index (κ1) is 12.1. The van der Waals surface area contributed by atoms with Crippen LogP contribution in [-0.2, 0) is 9.59 Å². The van der Waals surface area contributed by atoms with Crippen LogP contribution in [0.5, 0.6) is 0 Å². The van der Waals surface area contributed by atoms with Crippen LogP contribution in [0.25, 0.3) is 0 Å². The van der Waals surface area contributed by atoms with E-state index in [9.17, 15) is 9.59 Å². The van der Waals surface area contributed by atoms with Gasteiger partial charge < -0.3 is 10.2 Å². The van der Waals surface area contributed by atoms with E-state index in [1.807, 2.05) is 6.92 Å². The highest BCUT2D eigenvalue weighted by Crippen LogP contribution is 2.33. The van der Waals surface area contributed by atoms with Gasteiger partial charge in [0.05, 0.1) is 0 Å². The number of carbonyl (C=O) groups is 2. The molecule has 0 spiro atoms. The van der Waals surface area contributed by atoms with Gasteiger partial charge in [0.2, 0.25) is 11.8 Å². The largest absolute Gasteiger partial charge is 0.351 e. The van der Waals surface area contributed by atoms with Gasteiger partial charge in [-0.25, -0.2) is 0 Å². The molecule has 2 fully saturated rings. The number of likely N-dealkylation sites (tertiary alicyclic amines) is 1. The molecule has 1 atom stereocenters. The van der Waals surface area contributed by atoms with Crippen LogP contribution in [0.4, 0.5) is 0 Å². The molecule has 4 nitrogen and oxygen atoms in total. The van der Waals surface area contributed by atoms with Crippen LogP contribution < -0.4 is 5.32 Å². The molecule has 2 aliphatic rings. The van der Waals surface area contributed by atoms with Crippen molar-refractivity contribution in [3.8, 4) is 0 Å². The van der Waals surface area contributed by atoms with Crippen LogP contribution in [0, 0.1) is 5.92 Å². The Labute approximate surface area is 102 Å². The minimum Gasteiger partial charge on any atom is -0.351 e. The molecule has 94 valence electrons. The van der Waals surface area contributed by atoms with Gasteiger partial charge in [-0.2, -0.15) is 0 Å². The Hall–Kier alpha value is -1.32. The van der Waals surface area contributed by atoms with Crippen molar-refractivity contribution in [3.05, 3.63) is 12.2 Å². The van der Waals surface area contributed by atoms with E-state index in [-0.39, 0.29) is 23.8 Å². The Kier molecular flexibility index (Phi) is 3.50. The molecule has 2 rings (SSSR count). The van der Waals surface area contributed by atoms with Gasteiger partial charge in [0.1, 0.15) is 6.04 Å². The van der Waals surface area contributed by atoms with Gasteiger partial charge in [0.25, 0.3) is 0 Å². The van der Waals surface area contributed by atoms with Gasteiger partial charge in [-0.15, -0.1) is 0 Å². The van der Waals surface area contributed by atoms with Crippen molar-refractivity contribution in [1.82, 2.24) is 10.2 Å². The molecule has 1 heterocycles. The smallest absolute Gasteiger partial charge is 0.243 e. The molecule has 1 unspecified atom stereocenters. The number of nitrogens with one attached hydrogen (secondary N) is 1. The lowest BCUT2D eigenvalue weighted by molar-refractivity contribution is -0.139. The van der Waals surface area contributed by atoms with Crippen molar-refractivity contribution in [2.45, 2.75) is 38.6 Å². The maximum Gasteiger partial charge on any atom is 0.243 e. The van der Waals surface area contributed by atoms with E-state index >= 15 is 0 Å². The van der Waals surface area contributed by atoms with Gasteiger partial charge in [-0.1, -0.05) is 12.2 Å². The molecular weight excluding hydrogens is 216 g/mol. The summed E-state index contributed by atoms with van der Waals surface area (Å²) in [6.45, 7) is 6.87. The van der Waals surface area contributed by atoms with Gasteiger partial charge >= 0.3 is 0 Å². The number of nitrogens with zero attached hydrogens (tertiary/aromatic N) is 1. The highest BCUT2D eigenvalue weighted by atomic mass is 16.2. The molecule has 0 radical (unpaired) electrons. The van der Waals surface area contributed by atoms with Gasteiger partial charge in [0, 0.05) is 19.0 Å². The van der Waals surface area contributed by atoms with E-state index in [1.165, 1.54) is 0 Å². The molecular formula is C13H20N2O2. The Balaban J connectivity index is 1.91. The summed E-state index contributed by atoms with van der Waals surface area (Å²) in [5, 5.41) is 2.84. The number of hydrogen-bond acceptors (Lipinski definition) is 2. The molecule has 0 aromatic carbocycles. The first-order valence-electron chi connectivity index (χ1n) is 6.32. The second kappa shape index (κ2) is 4.90. The van der Waals surface area contributed by atoms with Crippen LogP contribution in [0.3, 0.4) is 0 Å². The van der Waals surface area contributed by atoms with Crippen LogP contribution in [0.2, 0.25) is 0 Å². The summed E-state index contributed by atoms with van der Waals surface area (Å²) in [7, 11) is 0. The standard InChI is InChI=1S/C13H20N2O2/c1-9(2)8-14-12(16)11-4-3-7-15(11)13(17)10-5-6-10/h10-11H,1,3-8H2,2H3,(H,14,16). The zero-order valence-electron chi connectivity index (χ0n) is 10.4.